The minimum Gasteiger partial charge on any atom is -0.497 e. The fourth-order valence-electron chi connectivity index (χ4n) is 4.53. The number of methoxy groups -OCH3 is 1. The number of hydrogen-bond acceptors (Lipinski definition) is 5. The monoisotopic (exact) mass is 488 g/mol. The second-order valence-electron chi connectivity index (χ2n) is 9.44. The van der Waals surface area contributed by atoms with Gasteiger partial charge in [-0.25, -0.2) is 9.59 Å². The van der Waals surface area contributed by atoms with Gasteiger partial charge in [-0.1, -0.05) is 32.9 Å². The van der Waals surface area contributed by atoms with Crippen LogP contribution in [0.1, 0.15) is 50.4 Å². The number of ether oxygens (including phenoxy) is 1. The van der Waals surface area contributed by atoms with Gasteiger partial charge in [-0.2, -0.15) is 0 Å². The zero-order valence-corrected chi connectivity index (χ0v) is 20.7. The van der Waals surface area contributed by atoms with Crippen molar-refractivity contribution in [1.82, 2.24) is 10.2 Å². The van der Waals surface area contributed by atoms with Crippen molar-refractivity contribution < 1.29 is 24.2 Å². The molecule has 4 amide bonds. The van der Waals surface area contributed by atoms with Gasteiger partial charge in [0.2, 0.25) is 0 Å². The number of anilines is 1. The van der Waals surface area contributed by atoms with E-state index in [-0.39, 0.29) is 17.5 Å². The Hall–Kier alpha value is -3.27. The van der Waals surface area contributed by atoms with Crippen LogP contribution >= 0.6 is 11.3 Å². The molecular weight excluding hydrogens is 456 g/mol. The number of carboxylic acid groups (broad SMARTS) is 1. The lowest BCUT2D eigenvalue weighted by molar-refractivity contribution is 0.0618. The largest absolute Gasteiger partial charge is 0.497 e. The quantitative estimate of drug-likeness (QED) is 0.488. The number of urea groups is 1. The number of benzene rings is 1. The first-order valence-corrected chi connectivity index (χ1v) is 12.0. The summed E-state index contributed by atoms with van der Waals surface area (Å²) in [6.45, 7) is 6.35. The molecule has 0 radical (unpaired) electrons. The van der Waals surface area contributed by atoms with Gasteiger partial charge in [-0.15, -0.1) is 11.3 Å². The minimum absolute atomic E-state index is 0.278. The Kier molecular flexibility index (Phi) is 7.71. The highest BCUT2D eigenvalue weighted by molar-refractivity contribution is 7.20. The standard InChI is InChI=1S/C24H32N4O5S/c1-24(2,3)19-17(10-5-6-11-28(19)23(31)32)26-20(29)16-13-18(34-21(16)27-22(25)30)14-8-7-9-15(12-14)33-4/h7-9,12-13,17,19H,5-6,10-11H2,1-4H3,(H,26,29)(H,31,32)(H3,25,27,30)/t17-,19?/m0/s1. The first-order chi connectivity index (χ1) is 16.0. The summed E-state index contributed by atoms with van der Waals surface area (Å²) in [7, 11) is 1.57. The summed E-state index contributed by atoms with van der Waals surface area (Å²) in [5.41, 5.74) is 6.07. The molecule has 0 bridgehead atoms. The average Bonchev–Trinajstić information content (AvgIpc) is 3.04. The molecule has 3 rings (SSSR count). The van der Waals surface area contributed by atoms with E-state index < -0.39 is 23.6 Å². The van der Waals surface area contributed by atoms with Crippen molar-refractivity contribution in [2.45, 2.75) is 52.1 Å². The Labute approximate surface area is 203 Å². The van der Waals surface area contributed by atoms with Crippen LogP contribution in [0.3, 0.4) is 0 Å². The molecule has 5 N–H and O–H groups in total. The summed E-state index contributed by atoms with van der Waals surface area (Å²) in [5, 5.41) is 15.8. The maximum absolute atomic E-state index is 13.5. The van der Waals surface area contributed by atoms with Crippen LogP contribution in [0.5, 0.6) is 5.75 Å². The average molecular weight is 489 g/mol. The van der Waals surface area contributed by atoms with Crippen molar-refractivity contribution in [2.75, 3.05) is 19.0 Å². The molecule has 184 valence electrons. The molecule has 2 aromatic rings. The number of primary amides is 1. The van der Waals surface area contributed by atoms with E-state index in [1.165, 1.54) is 16.2 Å². The van der Waals surface area contributed by atoms with Crippen LogP contribution in [0.2, 0.25) is 0 Å². The van der Waals surface area contributed by atoms with E-state index >= 15 is 0 Å². The molecule has 0 aliphatic carbocycles. The normalized spacial score (nSPS) is 18.6. The van der Waals surface area contributed by atoms with Gasteiger partial charge in [0.15, 0.2) is 0 Å². The minimum atomic E-state index is -0.993. The summed E-state index contributed by atoms with van der Waals surface area (Å²) >= 11 is 1.23. The first-order valence-electron chi connectivity index (χ1n) is 11.2. The van der Waals surface area contributed by atoms with Crippen molar-refractivity contribution in [2.24, 2.45) is 11.1 Å². The highest BCUT2D eigenvalue weighted by Gasteiger charge is 2.41. The smallest absolute Gasteiger partial charge is 0.407 e. The van der Waals surface area contributed by atoms with E-state index in [1.807, 2.05) is 45.0 Å². The summed E-state index contributed by atoms with van der Waals surface area (Å²) in [4.78, 5) is 39.3. The first kappa shape index (κ1) is 25.4. The van der Waals surface area contributed by atoms with Crippen LogP contribution in [-0.2, 0) is 0 Å². The Balaban J connectivity index is 1.96. The molecule has 9 nitrogen and oxygen atoms in total. The fraction of sp³-hybridized carbons (Fsp3) is 0.458. The number of amides is 4. The maximum atomic E-state index is 13.5. The van der Waals surface area contributed by atoms with Crippen molar-refractivity contribution in [3.05, 3.63) is 35.9 Å². The number of hydrogen-bond donors (Lipinski definition) is 4. The van der Waals surface area contributed by atoms with Crippen molar-refractivity contribution >= 4 is 34.4 Å². The van der Waals surface area contributed by atoms with E-state index in [1.54, 1.807) is 13.2 Å². The number of carbonyl (C=O) groups is 3. The number of carbonyl (C=O) groups excluding carboxylic acids is 2. The Morgan fingerprint density at radius 2 is 1.94 bits per heavy atom. The van der Waals surface area contributed by atoms with Gasteiger partial charge < -0.3 is 25.8 Å². The van der Waals surface area contributed by atoms with E-state index in [4.69, 9.17) is 10.5 Å². The zero-order chi connectivity index (χ0) is 25.0. The van der Waals surface area contributed by atoms with Gasteiger partial charge in [0.05, 0.1) is 24.8 Å². The predicted octanol–water partition coefficient (Wildman–Crippen LogP) is 4.59. The van der Waals surface area contributed by atoms with Crippen molar-refractivity contribution in [3.8, 4) is 16.2 Å². The van der Waals surface area contributed by atoms with E-state index in [0.29, 0.717) is 23.7 Å². The molecule has 10 heteroatoms. The predicted molar refractivity (Wildman–Crippen MR) is 133 cm³/mol. The molecule has 1 aliphatic heterocycles. The number of rotatable bonds is 5. The van der Waals surface area contributed by atoms with Gasteiger partial charge in [0.1, 0.15) is 10.8 Å². The summed E-state index contributed by atoms with van der Waals surface area (Å²) in [6.07, 6.45) is 1.20. The van der Waals surface area contributed by atoms with Gasteiger partial charge in [-0.05, 0) is 48.4 Å². The lowest BCUT2D eigenvalue weighted by atomic mass is 9.80. The molecule has 1 saturated heterocycles. The van der Waals surface area contributed by atoms with Gasteiger partial charge in [0, 0.05) is 11.4 Å². The Morgan fingerprint density at radius 1 is 1.21 bits per heavy atom. The van der Waals surface area contributed by atoms with Crippen molar-refractivity contribution in [1.29, 1.82) is 0 Å². The summed E-state index contributed by atoms with van der Waals surface area (Å²) in [5.74, 6) is 0.280. The molecule has 1 fully saturated rings. The molecule has 1 unspecified atom stereocenters. The third kappa shape index (κ3) is 5.80. The third-order valence-corrected chi connectivity index (χ3v) is 7.00. The van der Waals surface area contributed by atoms with Crippen LogP contribution in [0.25, 0.3) is 10.4 Å². The molecule has 2 atom stereocenters. The Morgan fingerprint density at radius 3 is 2.56 bits per heavy atom. The molecule has 0 spiro atoms. The van der Waals surface area contributed by atoms with Gasteiger partial charge >= 0.3 is 12.1 Å². The van der Waals surface area contributed by atoms with Crippen LogP contribution in [-0.4, -0.2) is 53.8 Å². The molecule has 1 aromatic carbocycles. The van der Waals surface area contributed by atoms with Crippen LogP contribution in [0.4, 0.5) is 14.6 Å². The summed E-state index contributed by atoms with van der Waals surface area (Å²) < 4.78 is 5.29. The molecule has 2 heterocycles. The lowest BCUT2D eigenvalue weighted by Gasteiger charge is -2.42. The van der Waals surface area contributed by atoms with Crippen LogP contribution < -0.4 is 21.1 Å². The molecule has 0 saturated carbocycles. The van der Waals surface area contributed by atoms with Gasteiger partial charge in [0.25, 0.3) is 5.91 Å². The highest BCUT2D eigenvalue weighted by Crippen LogP contribution is 2.37. The van der Waals surface area contributed by atoms with Gasteiger partial charge in [-0.3, -0.25) is 10.1 Å². The van der Waals surface area contributed by atoms with Crippen LogP contribution in [0, 0.1) is 5.41 Å². The second kappa shape index (κ2) is 10.3. The number of likely N-dealkylation sites (tertiary alicyclic amines) is 1. The second-order valence-corrected chi connectivity index (χ2v) is 10.5. The molecule has 1 aliphatic rings. The van der Waals surface area contributed by atoms with Crippen LogP contribution in [0.15, 0.2) is 30.3 Å². The topological polar surface area (TPSA) is 134 Å². The van der Waals surface area contributed by atoms with E-state index in [9.17, 15) is 19.5 Å². The SMILES string of the molecule is COc1cccc(-c2cc(C(=O)N[C@H]3CCCCN(C(=O)O)C3C(C)(C)C)c(NC(N)=O)s2)c1. The lowest BCUT2D eigenvalue weighted by Crippen LogP contribution is -2.58. The molecular formula is C24H32N4O5S. The molecule has 34 heavy (non-hydrogen) atoms. The Bertz CT molecular complexity index is 1060. The number of nitrogens with zero attached hydrogens (tertiary/aromatic N) is 1. The van der Waals surface area contributed by atoms with E-state index in [0.717, 1.165) is 23.3 Å². The van der Waals surface area contributed by atoms with E-state index in [2.05, 4.69) is 10.6 Å². The zero-order valence-electron chi connectivity index (χ0n) is 19.9. The number of thiophene rings is 1. The maximum Gasteiger partial charge on any atom is 0.407 e. The molecule has 1 aromatic heterocycles. The highest BCUT2D eigenvalue weighted by atomic mass is 32.1. The van der Waals surface area contributed by atoms with Crippen molar-refractivity contribution in [3.63, 3.8) is 0 Å². The third-order valence-electron chi connectivity index (χ3n) is 5.90. The fourth-order valence-corrected chi connectivity index (χ4v) is 5.58. The summed E-state index contributed by atoms with van der Waals surface area (Å²) in [6, 6.07) is 7.54. The number of nitrogens with two attached hydrogens (primary N) is 1. The number of nitrogens with one attached hydrogen (secondary N) is 2.